The molecule has 1 unspecified atom stereocenters. The molecule has 17 heavy (non-hydrogen) atoms. The minimum Gasteiger partial charge on any atom is -0.330 e. The summed E-state index contributed by atoms with van der Waals surface area (Å²) in [4.78, 5) is 12.0. The summed E-state index contributed by atoms with van der Waals surface area (Å²) in [6.07, 6.45) is 3.46. The van der Waals surface area contributed by atoms with Crippen LogP contribution >= 0.6 is 0 Å². The minimum atomic E-state index is -0.115. The van der Waals surface area contributed by atoms with E-state index in [1.54, 1.807) is 16.9 Å². The van der Waals surface area contributed by atoms with Crippen molar-refractivity contribution in [2.75, 3.05) is 11.9 Å². The monoisotopic (exact) mass is 238 g/mol. The summed E-state index contributed by atoms with van der Waals surface area (Å²) in [7, 11) is 0. The van der Waals surface area contributed by atoms with Crippen LogP contribution in [-0.2, 0) is 4.79 Å². The van der Waals surface area contributed by atoms with Gasteiger partial charge in [-0.25, -0.2) is 4.68 Å². The quantitative estimate of drug-likeness (QED) is 0.793. The van der Waals surface area contributed by atoms with Crippen LogP contribution in [0, 0.1) is 5.92 Å². The van der Waals surface area contributed by atoms with Gasteiger partial charge >= 0.3 is 0 Å². The molecule has 0 fully saturated rings. The van der Waals surface area contributed by atoms with Crippen LogP contribution in [0.1, 0.15) is 39.7 Å². The number of hydrogen-bond acceptors (Lipinski definition) is 3. The van der Waals surface area contributed by atoms with Crippen LogP contribution in [0.5, 0.6) is 0 Å². The molecule has 1 heterocycles. The summed E-state index contributed by atoms with van der Waals surface area (Å²) >= 11 is 0. The molecule has 1 amide bonds. The number of carbonyl (C=O) groups is 1. The molecule has 0 spiro atoms. The predicted molar refractivity (Wildman–Crippen MR) is 68.7 cm³/mol. The summed E-state index contributed by atoms with van der Waals surface area (Å²) in [5.41, 5.74) is 5.60. The average Bonchev–Trinajstić information content (AvgIpc) is 2.73. The highest BCUT2D eigenvalue weighted by molar-refractivity contribution is 5.91. The standard InChI is InChI=1S/C12H22N4O/c1-4-5-10(8-13)12(17)15-11-6-7-14-16(11)9(2)3/h6-7,9-10H,4-5,8,13H2,1-3H3,(H,15,17). The number of anilines is 1. The number of nitrogens with zero attached hydrogens (tertiary/aromatic N) is 2. The van der Waals surface area contributed by atoms with Gasteiger partial charge in [0.15, 0.2) is 0 Å². The zero-order valence-corrected chi connectivity index (χ0v) is 10.8. The number of carbonyl (C=O) groups excluding carboxylic acids is 1. The maximum atomic E-state index is 12.0. The normalized spacial score (nSPS) is 12.8. The Hall–Kier alpha value is -1.36. The first kappa shape index (κ1) is 13.7. The largest absolute Gasteiger partial charge is 0.330 e. The van der Waals surface area contributed by atoms with E-state index >= 15 is 0 Å². The highest BCUT2D eigenvalue weighted by atomic mass is 16.2. The van der Waals surface area contributed by atoms with Gasteiger partial charge in [0.05, 0.1) is 12.1 Å². The zero-order chi connectivity index (χ0) is 12.8. The van der Waals surface area contributed by atoms with Crippen molar-refractivity contribution in [2.24, 2.45) is 11.7 Å². The van der Waals surface area contributed by atoms with E-state index in [2.05, 4.69) is 10.4 Å². The Labute approximate surface area is 102 Å². The molecule has 1 aromatic rings. The molecule has 0 aliphatic heterocycles. The third-order valence-corrected chi connectivity index (χ3v) is 2.70. The van der Waals surface area contributed by atoms with Crippen molar-refractivity contribution < 1.29 is 4.79 Å². The lowest BCUT2D eigenvalue weighted by molar-refractivity contribution is -0.119. The van der Waals surface area contributed by atoms with Crippen LogP contribution in [0.4, 0.5) is 5.82 Å². The summed E-state index contributed by atoms with van der Waals surface area (Å²) in [6.45, 7) is 6.48. The smallest absolute Gasteiger partial charge is 0.229 e. The molecule has 0 aromatic carbocycles. The molecule has 0 bridgehead atoms. The van der Waals surface area contributed by atoms with Gasteiger partial charge in [0.1, 0.15) is 5.82 Å². The molecule has 0 saturated heterocycles. The van der Waals surface area contributed by atoms with Gasteiger partial charge in [0.25, 0.3) is 0 Å². The van der Waals surface area contributed by atoms with E-state index in [0.717, 1.165) is 18.7 Å². The number of aromatic nitrogens is 2. The fraction of sp³-hybridized carbons (Fsp3) is 0.667. The number of hydrogen-bond donors (Lipinski definition) is 2. The van der Waals surface area contributed by atoms with Crippen molar-refractivity contribution in [3.63, 3.8) is 0 Å². The SMILES string of the molecule is CCCC(CN)C(=O)Nc1ccnn1C(C)C. The Morgan fingerprint density at radius 1 is 1.59 bits per heavy atom. The maximum absolute atomic E-state index is 12.0. The van der Waals surface area contributed by atoms with Gasteiger partial charge in [-0.05, 0) is 20.3 Å². The van der Waals surface area contributed by atoms with E-state index < -0.39 is 0 Å². The van der Waals surface area contributed by atoms with E-state index in [9.17, 15) is 4.79 Å². The minimum absolute atomic E-state index is 0.0169. The van der Waals surface area contributed by atoms with Gasteiger partial charge in [-0.3, -0.25) is 4.79 Å². The Bertz CT molecular complexity index is 359. The van der Waals surface area contributed by atoms with Crippen LogP contribution in [0.2, 0.25) is 0 Å². The first-order valence-corrected chi connectivity index (χ1v) is 6.14. The lowest BCUT2D eigenvalue weighted by atomic mass is 10.0. The van der Waals surface area contributed by atoms with Gasteiger partial charge < -0.3 is 11.1 Å². The van der Waals surface area contributed by atoms with Crippen LogP contribution in [0.25, 0.3) is 0 Å². The Morgan fingerprint density at radius 2 is 2.29 bits per heavy atom. The first-order valence-electron chi connectivity index (χ1n) is 6.14. The van der Waals surface area contributed by atoms with Crippen LogP contribution < -0.4 is 11.1 Å². The maximum Gasteiger partial charge on any atom is 0.229 e. The third-order valence-electron chi connectivity index (χ3n) is 2.70. The molecular weight excluding hydrogens is 216 g/mol. The van der Waals surface area contributed by atoms with E-state index in [4.69, 9.17) is 5.73 Å². The van der Waals surface area contributed by atoms with Gasteiger partial charge in [0, 0.05) is 18.7 Å². The lowest BCUT2D eigenvalue weighted by Crippen LogP contribution is -2.30. The lowest BCUT2D eigenvalue weighted by Gasteiger charge is -2.16. The van der Waals surface area contributed by atoms with Gasteiger partial charge in [0.2, 0.25) is 5.91 Å². The van der Waals surface area contributed by atoms with Crippen molar-refractivity contribution in [2.45, 2.75) is 39.7 Å². The fourth-order valence-corrected chi connectivity index (χ4v) is 1.76. The van der Waals surface area contributed by atoms with Crippen molar-refractivity contribution >= 4 is 11.7 Å². The average molecular weight is 238 g/mol. The van der Waals surface area contributed by atoms with E-state index in [0.29, 0.717) is 6.54 Å². The summed E-state index contributed by atoms with van der Waals surface area (Å²) < 4.78 is 1.79. The molecule has 1 rings (SSSR count). The number of nitrogens with one attached hydrogen (secondary N) is 1. The molecule has 0 aliphatic carbocycles. The number of nitrogens with two attached hydrogens (primary N) is 1. The van der Waals surface area contributed by atoms with Crippen LogP contribution in [0.3, 0.4) is 0 Å². The Morgan fingerprint density at radius 3 is 2.82 bits per heavy atom. The highest BCUT2D eigenvalue weighted by Gasteiger charge is 2.17. The molecule has 1 aromatic heterocycles. The van der Waals surface area contributed by atoms with Crippen molar-refractivity contribution in [1.82, 2.24) is 9.78 Å². The summed E-state index contributed by atoms with van der Waals surface area (Å²) in [5, 5.41) is 7.06. The van der Waals surface area contributed by atoms with Crippen LogP contribution in [-0.4, -0.2) is 22.2 Å². The second kappa shape index (κ2) is 6.39. The van der Waals surface area contributed by atoms with Gasteiger partial charge in [-0.2, -0.15) is 5.10 Å². The molecule has 5 nitrogen and oxygen atoms in total. The molecule has 5 heteroatoms. The van der Waals surface area contributed by atoms with E-state index in [1.807, 2.05) is 20.8 Å². The Kier molecular flexibility index (Phi) is 5.15. The van der Waals surface area contributed by atoms with Crippen LogP contribution in [0.15, 0.2) is 12.3 Å². The molecular formula is C12H22N4O. The second-order valence-electron chi connectivity index (χ2n) is 4.47. The summed E-state index contributed by atoms with van der Waals surface area (Å²) in [5.74, 6) is 0.604. The third kappa shape index (κ3) is 3.56. The Balaban J connectivity index is 2.69. The molecule has 0 radical (unpaired) electrons. The molecule has 3 N–H and O–H groups in total. The molecule has 0 aliphatic rings. The topological polar surface area (TPSA) is 72.9 Å². The summed E-state index contributed by atoms with van der Waals surface area (Å²) in [6, 6.07) is 2.03. The number of rotatable bonds is 6. The van der Waals surface area contributed by atoms with E-state index in [1.165, 1.54) is 0 Å². The zero-order valence-electron chi connectivity index (χ0n) is 10.8. The predicted octanol–water partition coefficient (Wildman–Crippen LogP) is 1.78. The van der Waals surface area contributed by atoms with Crippen molar-refractivity contribution in [3.05, 3.63) is 12.3 Å². The molecule has 96 valence electrons. The fourth-order valence-electron chi connectivity index (χ4n) is 1.76. The van der Waals surface area contributed by atoms with Crippen molar-refractivity contribution in [3.8, 4) is 0 Å². The molecule has 1 atom stereocenters. The molecule has 0 saturated carbocycles. The van der Waals surface area contributed by atoms with E-state index in [-0.39, 0.29) is 17.9 Å². The van der Waals surface area contributed by atoms with Gasteiger partial charge in [-0.1, -0.05) is 13.3 Å². The first-order chi connectivity index (χ1) is 8.10. The van der Waals surface area contributed by atoms with Crippen molar-refractivity contribution in [1.29, 1.82) is 0 Å². The highest BCUT2D eigenvalue weighted by Crippen LogP contribution is 2.15. The number of amides is 1. The van der Waals surface area contributed by atoms with Gasteiger partial charge in [-0.15, -0.1) is 0 Å². The second-order valence-corrected chi connectivity index (χ2v) is 4.47.